The van der Waals surface area contributed by atoms with Crippen molar-refractivity contribution in [2.45, 2.75) is 32.9 Å². The van der Waals surface area contributed by atoms with Crippen LogP contribution in [0.3, 0.4) is 0 Å². The summed E-state index contributed by atoms with van der Waals surface area (Å²) in [7, 11) is -2.13. The third-order valence-corrected chi connectivity index (χ3v) is 3.36. The Morgan fingerprint density at radius 1 is 1.22 bits per heavy atom. The van der Waals surface area contributed by atoms with E-state index in [9.17, 15) is 8.42 Å². The van der Waals surface area contributed by atoms with Crippen LogP contribution in [0.25, 0.3) is 0 Å². The van der Waals surface area contributed by atoms with Gasteiger partial charge in [-0.15, -0.1) is 0 Å². The van der Waals surface area contributed by atoms with Gasteiger partial charge in [0, 0.05) is 13.6 Å². The molecule has 0 radical (unpaired) electrons. The Labute approximate surface area is 109 Å². The normalized spacial score (nSPS) is 12.9. The second-order valence-electron chi connectivity index (χ2n) is 5.04. The lowest BCUT2D eigenvalue weighted by Crippen LogP contribution is -2.41. The molecule has 18 heavy (non-hydrogen) atoms. The highest BCUT2D eigenvalue weighted by Crippen LogP contribution is 2.08. The van der Waals surface area contributed by atoms with E-state index in [0.717, 1.165) is 5.56 Å². The van der Waals surface area contributed by atoms with Crippen molar-refractivity contribution >= 4 is 10.2 Å². The number of nitrogens with zero attached hydrogens (tertiary/aromatic N) is 1. The average Bonchev–Trinajstić information content (AvgIpc) is 2.27. The Balaban J connectivity index is 2.63. The molecule has 102 valence electrons. The summed E-state index contributed by atoms with van der Waals surface area (Å²) in [5.41, 5.74) is 0.349. The predicted octanol–water partition coefficient (Wildman–Crippen LogP) is 1.68. The highest BCUT2D eigenvalue weighted by atomic mass is 32.2. The maximum Gasteiger partial charge on any atom is 0.301 e. The Morgan fingerprint density at radius 3 is 2.28 bits per heavy atom. The van der Waals surface area contributed by atoms with Crippen molar-refractivity contribution in [3.05, 3.63) is 35.9 Å². The second-order valence-corrected chi connectivity index (χ2v) is 6.78. The van der Waals surface area contributed by atoms with Crippen LogP contribution in [0.15, 0.2) is 30.3 Å². The molecule has 1 aromatic rings. The third kappa shape index (κ3) is 5.14. The van der Waals surface area contributed by atoms with E-state index in [0.29, 0.717) is 6.54 Å². The molecule has 1 aromatic carbocycles. The number of benzene rings is 1. The van der Waals surface area contributed by atoms with Crippen LogP contribution in [0.4, 0.5) is 0 Å². The van der Waals surface area contributed by atoms with E-state index >= 15 is 0 Å². The fourth-order valence-electron chi connectivity index (χ4n) is 1.17. The van der Waals surface area contributed by atoms with Crippen molar-refractivity contribution in [1.82, 2.24) is 9.19 Å². The van der Waals surface area contributed by atoms with Crippen LogP contribution in [0, 0.1) is 0 Å². The highest BCUT2D eigenvalue weighted by molar-refractivity contribution is 7.86. The van der Waals surface area contributed by atoms with E-state index in [4.69, 9.17) is 4.84 Å². The third-order valence-electron chi connectivity index (χ3n) is 2.11. The van der Waals surface area contributed by atoms with Crippen molar-refractivity contribution in [2.24, 2.45) is 0 Å². The Hall–Kier alpha value is -0.950. The Morgan fingerprint density at radius 2 is 1.78 bits per heavy atom. The maximum atomic E-state index is 11.9. The minimum atomic E-state index is -3.63. The van der Waals surface area contributed by atoms with Crippen LogP contribution >= 0.6 is 0 Å². The zero-order valence-electron chi connectivity index (χ0n) is 11.2. The number of rotatable bonds is 5. The van der Waals surface area contributed by atoms with Gasteiger partial charge in [-0.05, 0) is 26.3 Å². The molecule has 1 N–H and O–H groups in total. The van der Waals surface area contributed by atoms with Crippen LogP contribution in [0.2, 0.25) is 0 Å². The fraction of sp³-hybridized carbons (Fsp3) is 0.500. The molecule has 1 rings (SSSR count). The fourth-order valence-corrected chi connectivity index (χ4v) is 1.97. The largest absolute Gasteiger partial charge is 0.301 e. The van der Waals surface area contributed by atoms with E-state index in [1.165, 1.54) is 11.4 Å². The van der Waals surface area contributed by atoms with Crippen molar-refractivity contribution in [3.8, 4) is 0 Å². The quantitative estimate of drug-likeness (QED) is 0.830. The summed E-state index contributed by atoms with van der Waals surface area (Å²) in [5, 5.41) is 0. The maximum absolute atomic E-state index is 11.9. The number of hydrogen-bond donors (Lipinski definition) is 1. The predicted molar refractivity (Wildman–Crippen MR) is 70.8 cm³/mol. The Bertz CT molecular complexity index is 466. The molecule has 0 amide bonds. The first-order chi connectivity index (χ1) is 8.21. The zero-order chi connectivity index (χ0) is 13.8. The molecular weight excluding hydrogens is 252 g/mol. The lowest BCUT2D eigenvalue weighted by molar-refractivity contribution is -0.0379. The molecule has 0 bridgehead atoms. The first-order valence-corrected chi connectivity index (χ1v) is 7.10. The lowest BCUT2D eigenvalue weighted by Gasteiger charge is -2.23. The van der Waals surface area contributed by atoms with Crippen LogP contribution in [0.1, 0.15) is 26.3 Å². The van der Waals surface area contributed by atoms with Gasteiger partial charge in [0.05, 0.1) is 5.60 Å². The SMILES string of the molecule is CN(Cc1ccccc1)S(=O)(=O)NOC(C)(C)C. The van der Waals surface area contributed by atoms with Crippen molar-refractivity contribution in [2.75, 3.05) is 7.05 Å². The molecule has 0 aliphatic rings. The van der Waals surface area contributed by atoms with Crippen molar-refractivity contribution in [1.29, 1.82) is 0 Å². The van der Waals surface area contributed by atoms with E-state index in [2.05, 4.69) is 4.89 Å². The molecule has 6 heteroatoms. The summed E-state index contributed by atoms with van der Waals surface area (Å²) in [6, 6.07) is 9.37. The molecule has 0 fully saturated rings. The summed E-state index contributed by atoms with van der Waals surface area (Å²) in [5.74, 6) is 0. The minimum absolute atomic E-state index is 0.295. The number of nitrogens with one attached hydrogen (secondary N) is 1. The van der Waals surface area contributed by atoms with E-state index < -0.39 is 15.8 Å². The molecule has 0 saturated carbocycles. The summed E-state index contributed by atoms with van der Waals surface area (Å²) < 4.78 is 24.9. The molecular formula is C12H20N2O3S. The van der Waals surface area contributed by atoms with Crippen molar-refractivity contribution in [3.63, 3.8) is 0 Å². The lowest BCUT2D eigenvalue weighted by atomic mass is 10.2. The molecule has 0 spiro atoms. The molecule has 0 aliphatic carbocycles. The summed E-state index contributed by atoms with van der Waals surface area (Å²) in [6.07, 6.45) is 0. The molecule has 0 aromatic heterocycles. The minimum Gasteiger partial charge on any atom is -0.280 e. The van der Waals surface area contributed by atoms with E-state index in [1.807, 2.05) is 30.3 Å². The monoisotopic (exact) mass is 272 g/mol. The molecule has 0 heterocycles. The number of hydrogen-bond acceptors (Lipinski definition) is 3. The van der Waals surface area contributed by atoms with Gasteiger partial charge in [-0.1, -0.05) is 35.2 Å². The first-order valence-electron chi connectivity index (χ1n) is 5.66. The van der Waals surface area contributed by atoms with Crippen LogP contribution < -0.4 is 4.89 Å². The van der Waals surface area contributed by atoms with Crippen LogP contribution in [-0.2, 0) is 21.6 Å². The first kappa shape index (κ1) is 15.1. The molecule has 0 unspecified atom stereocenters. The van der Waals surface area contributed by atoms with Crippen LogP contribution in [-0.4, -0.2) is 25.4 Å². The van der Waals surface area contributed by atoms with Gasteiger partial charge >= 0.3 is 10.2 Å². The zero-order valence-corrected chi connectivity index (χ0v) is 12.0. The summed E-state index contributed by atoms with van der Waals surface area (Å²) in [6.45, 7) is 5.61. The van der Waals surface area contributed by atoms with E-state index in [1.54, 1.807) is 20.8 Å². The second kappa shape index (κ2) is 5.79. The highest BCUT2D eigenvalue weighted by Gasteiger charge is 2.21. The average molecular weight is 272 g/mol. The van der Waals surface area contributed by atoms with Gasteiger partial charge in [0.2, 0.25) is 0 Å². The van der Waals surface area contributed by atoms with Gasteiger partial charge in [-0.3, -0.25) is 4.84 Å². The van der Waals surface area contributed by atoms with Gasteiger partial charge in [-0.2, -0.15) is 12.7 Å². The van der Waals surface area contributed by atoms with Gasteiger partial charge in [0.25, 0.3) is 0 Å². The molecule has 0 saturated heterocycles. The van der Waals surface area contributed by atoms with Gasteiger partial charge < -0.3 is 0 Å². The summed E-state index contributed by atoms with van der Waals surface area (Å²) in [4.78, 5) is 7.19. The Kier molecular flexibility index (Phi) is 4.86. The van der Waals surface area contributed by atoms with Gasteiger partial charge in [-0.25, -0.2) is 0 Å². The van der Waals surface area contributed by atoms with Crippen LogP contribution in [0.5, 0.6) is 0 Å². The summed E-state index contributed by atoms with van der Waals surface area (Å²) >= 11 is 0. The van der Waals surface area contributed by atoms with Crippen molar-refractivity contribution < 1.29 is 13.3 Å². The smallest absolute Gasteiger partial charge is 0.280 e. The molecule has 5 nitrogen and oxygen atoms in total. The molecule has 0 atom stereocenters. The topological polar surface area (TPSA) is 58.6 Å². The molecule has 0 aliphatic heterocycles. The van der Waals surface area contributed by atoms with E-state index in [-0.39, 0.29) is 0 Å². The standard InChI is InChI=1S/C12H20N2O3S/c1-12(2,3)17-13-18(15,16)14(4)10-11-8-6-5-7-9-11/h5-9,13H,10H2,1-4H3. The van der Waals surface area contributed by atoms with Gasteiger partial charge in [0.15, 0.2) is 0 Å². The van der Waals surface area contributed by atoms with Gasteiger partial charge in [0.1, 0.15) is 0 Å².